The van der Waals surface area contributed by atoms with E-state index in [9.17, 15) is 19.2 Å². The zero-order valence-corrected chi connectivity index (χ0v) is 47.4. The molecule has 408 valence electrons. The Labute approximate surface area is 443 Å². The van der Waals surface area contributed by atoms with E-state index in [4.69, 9.17) is 20.4 Å². The molecule has 0 bridgehead atoms. The Morgan fingerprint density at radius 3 is 0.536 bits per heavy atom. The number of hydrogen-bond donors (Lipinski definition) is 4. The summed E-state index contributed by atoms with van der Waals surface area (Å²) in [4.78, 5) is 41.9. The van der Waals surface area contributed by atoms with E-state index in [0.717, 1.165) is 23.0 Å². The number of aliphatic carboxylic acids is 4. The van der Waals surface area contributed by atoms with Crippen molar-refractivity contribution in [3.8, 4) is 0 Å². The van der Waals surface area contributed by atoms with Gasteiger partial charge in [0.25, 0.3) is 0 Å². The van der Waals surface area contributed by atoms with Crippen molar-refractivity contribution in [2.24, 2.45) is 0 Å². The van der Waals surface area contributed by atoms with E-state index < -0.39 is 23.9 Å². The first-order chi connectivity index (χ1) is 32.7. The Kier molecular flexibility index (Phi) is 70.9. The smallest absolute Gasteiger partial charge is 0.331 e. The summed E-state index contributed by atoms with van der Waals surface area (Å²) in [5.41, 5.74) is 1.26. The van der Waals surface area contributed by atoms with E-state index in [1.807, 2.05) is 0 Å². The first-order valence-corrected chi connectivity index (χ1v) is 31.3. The van der Waals surface area contributed by atoms with Gasteiger partial charge in [0.2, 0.25) is 0 Å². The van der Waals surface area contributed by atoms with Gasteiger partial charge in [0.1, 0.15) is 0 Å². The minimum Gasteiger partial charge on any atom is -0.478 e. The van der Waals surface area contributed by atoms with Crippen LogP contribution < -0.4 is 0 Å². The predicted molar refractivity (Wildman–Crippen MR) is 314 cm³/mol. The van der Waals surface area contributed by atoms with Crippen molar-refractivity contribution in [2.45, 2.75) is 241 Å². The van der Waals surface area contributed by atoms with E-state index in [0.29, 0.717) is 45.3 Å². The monoisotopic (exact) mass is 1050 g/mol. The first-order valence-electron chi connectivity index (χ1n) is 26.7. The summed E-state index contributed by atoms with van der Waals surface area (Å²) in [7, 11) is 0. The summed E-state index contributed by atoms with van der Waals surface area (Å²) in [5, 5.41) is 34.5. The SMILES string of the molecule is C.C=C(CSCCCCCCCCCC)C(=O)O.C=C(CSCCCCCCCCCC)C(=O)O.C=C(CSCCCCCCCCCC)C(=O)O.C=C(CSCCCCCCCCCC)C(=O)O. The largest absolute Gasteiger partial charge is 0.478 e. The van der Waals surface area contributed by atoms with Crippen LogP contribution in [0.1, 0.15) is 241 Å². The van der Waals surface area contributed by atoms with Crippen LogP contribution in [0.4, 0.5) is 0 Å². The third-order valence-corrected chi connectivity index (χ3v) is 15.4. The molecule has 8 nitrogen and oxygen atoms in total. The molecule has 0 radical (unpaired) electrons. The first kappa shape index (κ1) is 76.2. The van der Waals surface area contributed by atoms with Gasteiger partial charge in [-0.05, 0) is 48.7 Å². The summed E-state index contributed by atoms with van der Waals surface area (Å²) in [5.74, 6) is 3.00. The average molecular weight is 1050 g/mol. The molecular formula is C57H108O8S4. The summed E-state index contributed by atoms with van der Waals surface area (Å²) in [6, 6.07) is 0. The van der Waals surface area contributed by atoms with Gasteiger partial charge in [0, 0.05) is 45.3 Å². The number of rotatable bonds is 48. The highest BCUT2D eigenvalue weighted by Gasteiger charge is 2.06. The lowest BCUT2D eigenvalue weighted by molar-refractivity contribution is -0.133. The molecule has 0 aromatic rings. The van der Waals surface area contributed by atoms with E-state index in [2.05, 4.69) is 54.0 Å². The third-order valence-electron chi connectivity index (χ3n) is 10.9. The molecule has 0 saturated heterocycles. The Balaban J connectivity index is -0.000000263. The van der Waals surface area contributed by atoms with E-state index in [1.54, 1.807) is 47.0 Å². The van der Waals surface area contributed by atoms with Crippen LogP contribution in [0.5, 0.6) is 0 Å². The maximum Gasteiger partial charge on any atom is 0.331 e. The maximum atomic E-state index is 10.5. The minimum atomic E-state index is -0.867. The van der Waals surface area contributed by atoms with E-state index in [1.165, 1.54) is 205 Å². The summed E-state index contributed by atoms with van der Waals surface area (Å²) < 4.78 is 0. The normalized spacial score (nSPS) is 10.3. The molecule has 0 fully saturated rings. The molecule has 0 spiro atoms. The van der Waals surface area contributed by atoms with Crippen LogP contribution in [0.2, 0.25) is 0 Å². The number of carboxylic acids is 4. The maximum absolute atomic E-state index is 10.5. The van der Waals surface area contributed by atoms with Crippen molar-refractivity contribution < 1.29 is 39.6 Å². The standard InChI is InChI=1S/4C14H26O2S.CH4/c4*1-3-4-5-6-7-8-9-10-11-17-12-13(2)14(15)16;/h4*2-12H2,1H3,(H,15,16);1H4. The molecular weight excluding hydrogens is 941 g/mol. The van der Waals surface area contributed by atoms with Crippen LogP contribution in [-0.2, 0) is 19.2 Å². The lowest BCUT2D eigenvalue weighted by atomic mass is 10.1. The number of unbranched alkanes of at least 4 members (excludes halogenated alkanes) is 28. The van der Waals surface area contributed by atoms with Gasteiger partial charge in [0.15, 0.2) is 0 Å². The second kappa shape index (κ2) is 64.3. The zero-order chi connectivity index (χ0) is 51.7. The molecule has 0 aromatic carbocycles. The highest BCUT2D eigenvalue weighted by Crippen LogP contribution is 2.17. The van der Waals surface area contributed by atoms with Crippen LogP contribution in [-0.4, -0.2) is 90.3 Å². The van der Waals surface area contributed by atoms with Gasteiger partial charge in [-0.1, -0.05) is 241 Å². The highest BCUT2D eigenvalue weighted by atomic mass is 32.2. The molecule has 0 aliphatic carbocycles. The third kappa shape index (κ3) is 70.6. The molecule has 0 amide bonds. The van der Waals surface area contributed by atoms with Gasteiger partial charge in [0.05, 0.1) is 0 Å². The van der Waals surface area contributed by atoms with Gasteiger partial charge in [-0.25, -0.2) is 19.2 Å². The Morgan fingerprint density at radius 2 is 0.406 bits per heavy atom. The van der Waals surface area contributed by atoms with Crippen molar-refractivity contribution in [1.82, 2.24) is 0 Å². The molecule has 4 N–H and O–H groups in total. The second-order valence-electron chi connectivity index (χ2n) is 17.7. The lowest BCUT2D eigenvalue weighted by Crippen LogP contribution is -2.01. The fourth-order valence-electron chi connectivity index (χ4n) is 6.38. The molecule has 0 saturated carbocycles. The molecule has 0 aromatic heterocycles. The summed E-state index contributed by atoms with van der Waals surface area (Å²) in [6.07, 6.45) is 42.3. The topological polar surface area (TPSA) is 149 Å². The Bertz CT molecular complexity index is 1040. The van der Waals surface area contributed by atoms with Crippen molar-refractivity contribution in [2.75, 3.05) is 46.0 Å². The summed E-state index contributed by atoms with van der Waals surface area (Å²) in [6.45, 7) is 23.0. The highest BCUT2D eigenvalue weighted by molar-refractivity contribution is 8.00. The molecule has 0 aliphatic rings. The lowest BCUT2D eigenvalue weighted by Gasteiger charge is -2.02. The fourth-order valence-corrected chi connectivity index (χ4v) is 10.1. The minimum absolute atomic E-state index is 0. The van der Waals surface area contributed by atoms with Crippen LogP contribution in [0.15, 0.2) is 48.6 Å². The van der Waals surface area contributed by atoms with Gasteiger partial charge in [-0.2, -0.15) is 47.0 Å². The van der Waals surface area contributed by atoms with Crippen LogP contribution in [0, 0.1) is 0 Å². The zero-order valence-electron chi connectivity index (χ0n) is 44.2. The van der Waals surface area contributed by atoms with Crippen LogP contribution in [0.25, 0.3) is 0 Å². The Hall–Kier alpha value is -1.76. The van der Waals surface area contributed by atoms with Crippen molar-refractivity contribution >= 4 is 70.9 Å². The average Bonchev–Trinajstić information content (AvgIpc) is 3.31. The number of hydrogen-bond acceptors (Lipinski definition) is 8. The number of thioether (sulfide) groups is 4. The molecule has 0 unspecified atom stereocenters. The van der Waals surface area contributed by atoms with Gasteiger partial charge < -0.3 is 20.4 Å². The van der Waals surface area contributed by atoms with Crippen molar-refractivity contribution in [3.05, 3.63) is 48.6 Å². The second-order valence-corrected chi connectivity index (χ2v) is 22.2. The van der Waals surface area contributed by atoms with Crippen molar-refractivity contribution in [3.63, 3.8) is 0 Å². The molecule has 0 heterocycles. The molecule has 0 aliphatic heterocycles. The predicted octanol–water partition coefficient (Wildman–Crippen LogP) is 18.6. The van der Waals surface area contributed by atoms with E-state index in [-0.39, 0.29) is 7.43 Å². The molecule has 69 heavy (non-hydrogen) atoms. The fraction of sp³-hybridized carbons (Fsp3) is 0.789. The quantitative estimate of drug-likeness (QED) is 0.0339. The molecule has 0 rings (SSSR count). The van der Waals surface area contributed by atoms with E-state index >= 15 is 0 Å². The van der Waals surface area contributed by atoms with Gasteiger partial charge in [-0.15, -0.1) is 0 Å². The number of carbonyl (C=O) groups is 4. The number of carboxylic acid groups (broad SMARTS) is 4. The summed E-state index contributed by atoms with van der Waals surface area (Å²) >= 11 is 6.72. The van der Waals surface area contributed by atoms with Crippen LogP contribution in [0.3, 0.4) is 0 Å². The molecule has 12 heteroatoms. The van der Waals surface area contributed by atoms with Gasteiger partial charge >= 0.3 is 23.9 Å². The van der Waals surface area contributed by atoms with Crippen LogP contribution >= 0.6 is 47.0 Å². The Morgan fingerprint density at radius 1 is 0.275 bits per heavy atom. The van der Waals surface area contributed by atoms with Gasteiger partial charge in [-0.3, -0.25) is 0 Å². The van der Waals surface area contributed by atoms with Crippen molar-refractivity contribution in [1.29, 1.82) is 0 Å². The molecule has 0 atom stereocenters.